The van der Waals surface area contributed by atoms with Crippen molar-refractivity contribution in [2.45, 2.75) is 119 Å². The summed E-state index contributed by atoms with van der Waals surface area (Å²) in [5.74, 6) is 0.954. The number of piperidine rings is 4. The molecule has 0 aliphatic carbocycles. The van der Waals surface area contributed by atoms with Gasteiger partial charge in [0.2, 0.25) is 5.60 Å². The van der Waals surface area contributed by atoms with Crippen LogP contribution >= 0.6 is 0 Å². The molecule has 1 spiro atoms. The van der Waals surface area contributed by atoms with Crippen LogP contribution in [0.5, 0.6) is 5.75 Å². The van der Waals surface area contributed by atoms with Gasteiger partial charge >= 0.3 is 26.2 Å². The van der Waals surface area contributed by atoms with E-state index < -0.39 is 37.4 Å². The molecule has 20 rings (SSSR count). The predicted octanol–water partition coefficient (Wildman–Crippen LogP) is 13.3. The summed E-state index contributed by atoms with van der Waals surface area (Å²) < 4.78 is 31.3. The smallest absolute Gasteiger partial charge is 0.503 e. The molecule has 7 aliphatic rings. The fraction of sp³-hybridized carbons (Fsp3) is 0.280. The third-order valence-corrected chi connectivity index (χ3v) is 27.1. The van der Waals surface area contributed by atoms with Crippen molar-refractivity contribution in [1.82, 2.24) is 34.6 Å². The Kier molecular flexibility index (Phi) is 22.1. The summed E-state index contributed by atoms with van der Waals surface area (Å²) in [6.07, 6.45) is 8.73. The number of H-pyrrole nitrogens is 3. The molecule has 124 heavy (non-hydrogen) atoms. The standard InChI is InChI=1S/C54H52BN5O5.C46H47BN6O6/c56-34-36-8-4-10-40(28-36)38-20-24-59(25-21-38)51(61)45-14-6-12-42(30-45)43-13-7-17-48(31-43)55-64-53(63)54(65-55,46-15-2-1-3-16-46)47-19-18-44-32-50(58-49(44)33-47)52(62)60-26-22-39(23-27-60)41-11-5-9-37(29-41)35-57;1-45(33-7-6-32-21-40(51-38(32)22-33)43(55)52-15-11-30(12-16-52)31-4-2-3-28(19-31)24-48)44(56)58-47(59-45)34-8-9-35-36(26-50-39(35)23-34)42(54)53-17-13-46(14-18-53)27-57-41-10-5-29(25-49)20-37(41)46/h1-19,28-33,38-39,58H,20-27,34-35,56-57H2;2-10,19-23,26,30,50-51H,11-18,24-25,27,48-49H2,1H3/t54-;45-/m00/s1. The van der Waals surface area contributed by atoms with Crippen molar-refractivity contribution in [2.75, 3.05) is 59.0 Å². The molecule has 0 saturated carbocycles. The van der Waals surface area contributed by atoms with E-state index in [9.17, 15) is 28.8 Å². The number of ether oxygens (including phenoxy) is 1. The second-order valence-corrected chi connectivity index (χ2v) is 34.4. The zero-order chi connectivity index (χ0) is 85.0. The van der Waals surface area contributed by atoms with Crippen LogP contribution in [-0.4, -0.2) is 143 Å². The average Bonchev–Trinajstić information content (AvgIpc) is 1.58. The number of hydrogen-bond acceptors (Lipinski definition) is 15. The van der Waals surface area contributed by atoms with Crippen molar-refractivity contribution in [2.24, 2.45) is 22.9 Å². The number of rotatable bonds is 17. The van der Waals surface area contributed by atoms with Crippen LogP contribution in [0.4, 0.5) is 0 Å². The van der Waals surface area contributed by atoms with Crippen molar-refractivity contribution < 1.29 is 52.1 Å². The summed E-state index contributed by atoms with van der Waals surface area (Å²) in [7, 11) is -1.97. The van der Waals surface area contributed by atoms with E-state index in [-0.39, 0.29) is 29.0 Å². The first kappa shape index (κ1) is 81.0. The number of aromatic nitrogens is 3. The Balaban J connectivity index is 0.000000163. The van der Waals surface area contributed by atoms with Crippen molar-refractivity contribution in [3.8, 4) is 16.9 Å². The molecule has 10 aromatic carbocycles. The average molecular weight is 1650 g/mol. The SMILES string of the molecule is C[C@@]1(c2ccc3cc(C(=O)N4CCC(c5cccc(CN)c5)CC4)[nH]c3c2)OB(c2ccc3c(C(=O)N4CCC5(CC4)COc4ccc(CN)cc45)c[nH]c3c2)OC1=O.NCc1cccc(C2CCN(C(=O)c3cccc(-c4cccc(B5OC(=O)[C@](c6ccccc6)(c6ccc7cc(C(=O)N8CCC(c9cccc(CN)c9)CC8)[nH]c7c6)O5)c4)c3)CC2)c1. The Morgan fingerprint density at radius 1 is 0.427 bits per heavy atom. The van der Waals surface area contributed by atoms with Gasteiger partial charge in [-0.1, -0.05) is 188 Å². The first-order valence-corrected chi connectivity index (χ1v) is 43.4. The normalized spacial score (nSPS) is 19.3. The molecule has 13 aromatic rings. The molecule has 24 heteroatoms. The molecule has 22 nitrogen and oxygen atoms in total. The van der Waals surface area contributed by atoms with Crippen LogP contribution in [0.3, 0.4) is 0 Å². The topological polar surface area (TPSA) is 313 Å². The summed E-state index contributed by atoms with van der Waals surface area (Å²) in [4.78, 5) is 101. The number of aromatic amines is 3. The Labute approximate surface area is 720 Å². The second-order valence-electron chi connectivity index (χ2n) is 34.4. The van der Waals surface area contributed by atoms with E-state index in [4.69, 9.17) is 46.3 Å². The van der Waals surface area contributed by atoms with Crippen molar-refractivity contribution in [3.05, 3.63) is 326 Å². The largest absolute Gasteiger partial charge is 0.566 e. The van der Waals surface area contributed by atoms with E-state index in [2.05, 4.69) is 81.7 Å². The van der Waals surface area contributed by atoms with E-state index in [1.54, 1.807) is 13.1 Å². The number of nitrogens with zero attached hydrogens (tertiary/aromatic N) is 4. The summed E-state index contributed by atoms with van der Waals surface area (Å²) in [5, 5.41) is 2.50. The number of amides is 4. The number of fused-ring (bicyclic) bond motifs is 5. The van der Waals surface area contributed by atoms with E-state index in [0.29, 0.717) is 159 Å². The van der Waals surface area contributed by atoms with E-state index in [1.165, 1.54) is 22.3 Å². The number of carbonyl (C=O) groups excluding carboxylic acids is 6. The first-order valence-electron chi connectivity index (χ1n) is 43.4. The number of nitrogens with two attached hydrogens (primary N) is 4. The zero-order valence-corrected chi connectivity index (χ0v) is 69.4. The van der Waals surface area contributed by atoms with Crippen molar-refractivity contribution >= 4 is 93.4 Å². The number of nitrogens with one attached hydrogen (secondary N) is 3. The second kappa shape index (κ2) is 33.9. The minimum Gasteiger partial charge on any atom is -0.503 e. The number of likely N-dealkylation sites (tertiary alicyclic amines) is 4. The third-order valence-electron chi connectivity index (χ3n) is 27.1. The predicted molar refractivity (Wildman–Crippen MR) is 480 cm³/mol. The van der Waals surface area contributed by atoms with Crippen LogP contribution < -0.4 is 38.6 Å². The molecule has 6 saturated heterocycles. The van der Waals surface area contributed by atoms with Gasteiger partial charge in [-0.15, -0.1) is 0 Å². The molecule has 10 heterocycles. The lowest BCUT2D eigenvalue weighted by Gasteiger charge is -2.38. The minimum absolute atomic E-state index is 0.0128. The molecule has 0 bridgehead atoms. The van der Waals surface area contributed by atoms with Gasteiger partial charge in [0.1, 0.15) is 17.1 Å². The van der Waals surface area contributed by atoms with E-state index in [0.717, 1.165) is 118 Å². The van der Waals surface area contributed by atoms with Gasteiger partial charge in [-0.2, -0.15) is 0 Å². The van der Waals surface area contributed by atoms with Gasteiger partial charge in [0.05, 0.1) is 12.2 Å². The highest BCUT2D eigenvalue weighted by molar-refractivity contribution is 6.65. The molecule has 3 aromatic heterocycles. The van der Waals surface area contributed by atoms with Crippen molar-refractivity contribution in [1.29, 1.82) is 0 Å². The van der Waals surface area contributed by atoms with Gasteiger partial charge < -0.3 is 80.8 Å². The van der Waals surface area contributed by atoms with Gasteiger partial charge in [0, 0.05) is 140 Å². The van der Waals surface area contributed by atoms with Crippen LogP contribution in [-0.2, 0) is 71.0 Å². The number of benzene rings is 10. The van der Waals surface area contributed by atoms with Crippen LogP contribution in [0, 0.1) is 0 Å². The molecule has 0 unspecified atom stereocenters. The fourth-order valence-corrected chi connectivity index (χ4v) is 19.7. The highest BCUT2D eigenvalue weighted by Crippen LogP contribution is 2.48. The summed E-state index contributed by atoms with van der Waals surface area (Å²) in [6.45, 7) is 9.63. The highest BCUT2D eigenvalue weighted by Gasteiger charge is 2.57. The molecule has 626 valence electrons. The molecule has 4 amide bonds. The molecule has 0 radical (unpaired) electrons. The molecular weight excluding hydrogens is 1550 g/mol. The van der Waals surface area contributed by atoms with E-state index >= 15 is 0 Å². The van der Waals surface area contributed by atoms with Crippen molar-refractivity contribution in [3.63, 3.8) is 0 Å². The quantitative estimate of drug-likeness (QED) is 0.0417. The lowest BCUT2D eigenvalue weighted by molar-refractivity contribution is -0.143. The van der Waals surface area contributed by atoms with Crippen LogP contribution in [0.2, 0.25) is 0 Å². The Morgan fingerprint density at radius 2 is 0.927 bits per heavy atom. The molecule has 6 fully saturated rings. The monoisotopic (exact) mass is 1650 g/mol. The zero-order valence-electron chi connectivity index (χ0n) is 69.4. The fourth-order valence-electron chi connectivity index (χ4n) is 19.7. The first-order chi connectivity index (χ1) is 60.4. The lowest BCUT2D eigenvalue weighted by Crippen LogP contribution is -2.46. The summed E-state index contributed by atoms with van der Waals surface area (Å²) in [5.41, 5.74) is 39.3. The van der Waals surface area contributed by atoms with Crippen LogP contribution in [0.1, 0.15) is 179 Å². The van der Waals surface area contributed by atoms with Gasteiger partial charge in [-0.3, -0.25) is 24.0 Å². The Hall–Kier alpha value is -12.7. The van der Waals surface area contributed by atoms with Crippen LogP contribution in [0.15, 0.2) is 243 Å². The maximum absolute atomic E-state index is 14.4. The third kappa shape index (κ3) is 15.4. The molecule has 2 atom stereocenters. The van der Waals surface area contributed by atoms with Gasteiger partial charge in [0.15, 0.2) is 5.60 Å². The van der Waals surface area contributed by atoms with E-state index in [1.807, 2.05) is 189 Å². The maximum Gasteiger partial charge on any atom is 0.566 e. The number of hydrogen-bond donors (Lipinski definition) is 7. The molecule has 7 aliphatic heterocycles. The number of carbonyl (C=O) groups is 6. The Morgan fingerprint density at radius 3 is 1.51 bits per heavy atom. The minimum atomic E-state index is -1.58. The Bertz CT molecular complexity index is 6280. The van der Waals surface area contributed by atoms with Gasteiger partial charge in [-0.05, 0) is 197 Å². The van der Waals surface area contributed by atoms with Gasteiger partial charge in [0.25, 0.3) is 23.6 Å². The summed E-state index contributed by atoms with van der Waals surface area (Å²) >= 11 is 0. The maximum atomic E-state index is 14.4. The highest BCUT2D eigenvalue weighted by atomic mass is 16.7. The molecule has 11 N–H and O–H groups in total. The lowest BCUT2D eigenvalue weighted by atomic mass is 9.74. The summed E-state index contributed by atoms with van der Waals surface area (Å²) in [6, 6.07) is 77.0. The van der Waals surface area contributed by atoms with Gasteiger partial charge in [-0.25, -0.2) is 4.79 Å². The molecular formula is C100H99B2N11O11. The van der Waals surface area contributed by atoms with Crippen LogP contribution in [0.25, 0.3) is 43.8 Å².